The molecule has 4 rings (SSSR count). The Morgan fingerprint density at radius 2 is 1.97 bits per heavy atom. The number of ether oxygens (including phenoxy) is 2. The Morgan fingerprint density at radius 1 is 1.21 bits per heavy atom. The highest BCUT2D eigenvalue weighted by Crippen LogP contribution is 2.39. The molecule has 1 atom stereocenters. The number of likely N-dealkylation sites (N-methyl/N-ethyl adjacent to an activating group) is 1. The minimum Gasteiger partial charge on any atom is -0.489 e. The number of hydrogen-bond acceptors (Lipinski definition) is 6. The van der Waals surface area contributed by atoms with Gasteiger partial charge in [-0.25, -0.2) is 0 Å². The van der Waals surface area contributed by atoms with Gasteiger partial charge in [0.2, 0.25) is 0 Å². The zero-order valence-corrected chi connectivity index (χ0v) is 16.6. The van der Waals surface area contributed by atoms with Crippen molar-refractivity contribution in [2.24, 2.45) is 0 Å². The monoisotopic (exact) mass is 397 g/mol. The van der Waals surface area contributed by atoms with Gasteiger partial charge in [-0.1, -0.05) is 30.3 Å². The Morgan fingerprint density at radius 3 is 2.72 bits per heavy atom. The van der Waals surface area contributed by atoms with Crippen LogP contribution < -0.4 is 19.7 Å². The highest BCUT2D eigenvalue weighted by molar-refractivity contribution is 5.78. The van der Waals surface area contributed by atoms with Gasteiger partial charge in [0.15, 0.2) is 6.61 Å². The lowest BCUT2D eigenvalue weighted by molar-refractivity contribution is -0.123. The predicted octanol–water partition coefficient (Wildman–Crippen LogP) is 1.39. The van der Waals surface area contributed by atoms with Gasteiger partial charge < -0.3 is 24.8 Å². The highest BCUT2D eigenvalue weighted by atomic mass is 16.5. The number of nitrogens with zero attached hydrogens (tertiary/aromatic N) is 2. The van der Waals surface area contributed by atoms with Crippen LogP contribution in [0, 0.1) is 0 Å². The number of hydrogen-bond donors (Lipinski definition) is 2. The van der Waals surface area contributed by atoms with Gasteiger partial charge in [0.25, 0.3) is 5.91 Å². The molecule has 154 valence electrons. The van der Waals surface area contributed by atoms with Gasteiger partial charge in [0.05, 0.1) is 12.6 Å². The number of fused-ring (bicyclic) bond motifs is 2. The molecule has 0 radical (unpaired) electrons. The molecule has 0 saturated carbocycles. The fraction of sp³-hybridized carbons (Fsp3) is 0.409. The van der Waals surface area contributed by atoms with E-state index < -0.39 is 6.10 Å². The van der Waals surface area contributed by atoms with E-state index in [1.807, 2.05) is 37.4 Å². The zero-order valence-electron chi connectivity index (χ0n) is 16.6. The third kappa shape index (κ3) is 4.63. The molecule has 7 nitrogen and oxygen atoms in total. The zero-order chi connectivity index (χ0) is 20.2. The fourth-order valence-electron chi connectivity index (χ4n) is 3.84. The van der Waals surface area contributed by atoms with E-state index in [4.69, 9.17) is 9.47 Å². The Balaban J connectivity index is 1.22. The second-order valence-corrected chi connectivity index (χ2v) is 7.56. The Labute approximate surface area is 170 Å². The molecule has 0 bridgehead atoms. The van der Waals surface area contributed by atoms with Crippen molar-refractivity contribution in [1.82, 2.24) is 10.2 Å². The molecule has 0 spiro atoms. The van der Waals surface area contributed by atoms with Gasteiger partial charge in [-0.2, -0.15) is 0 Å². The number of anilines is 1. The molecule has 0 aromatic heterocycles. The first-order chi connectivity index (χ1) is 14.1. The van der Waals surface area contributed by atoms with Crippen molar-refractivity contribution >= 4 is 11.6 Å². The Bertz CT molecular complexity index is 848. The number of benzene rings is 2. The maximum Gasteiger partial charge on any atom is 0.258 e. The molecule has 0 fully saturated rings. The van der Waals surface area contributed by atoms with Crippen molar-refractivity contribution in [1.29, 1.82) is 0 Å². The first-order valence-electron chi connectivity index (χ1n) is 9.94. The second-order valence-electron chi connectivity index (χ2n) is 7.56. The van der Waals surface area contributed by atoms with Crippen molar-refractivity contribution in [2.45, 2.75) is 19.2 Å². The second kappa shape index (κ2) is 8.71. The number of carbonyl (C=O) groups excluding carboxylic acids is 1. The Hall–Kier alpha value is -2.77. The van der Waals surface area contributed by atoms with Crippen molar-refractivity contribution in [2.75, 3.05) is 44.8 Å². The summed E-state index contributed by atoms with van der Waals surface area (Å²) in [7, 11) is 1.97. The van der Waals surface area contributed by atoms with Gasteiger partial charge in [-0.15, -0.1) is 0 Å². The van der Waals surface area contributed by atoms with E-state index in [1.165, 1.54) is 11.1 Å². The fourth-order valence-corrected chi connectivity index (χ4v) is 3.84. The normalized spacial score (nSPS) is 16.6. The first kappa shape index (κ1) is 19.5. The molecular weight excluding hydrogens is 370 g/mol. The minimum absolute atomic E-state index is 0.105. The Kier molecular flexibility index (Phi) is 5.87. The maximum atomic E-state index is 12.2. The van der Waals surface area contributed by atoms with E-state index in [0.717, 1.165) is 31.1 Å². The molecule has 0 aliphatic carbocycles. The lowest BCUT2D eigenvalue weighted by atomic mass is 10.1. The molecule has 2 aromatic rings. The quantitative estimate of drug-likeness (QED) is 0.736. The summed E-state index contributed by atoms with van der Waals surface area (Å²) >= 11 is 0. The first-order valence-corrected chi connectivity index (χ1v) is 9.94. The number of carbonyl (C=O) groups is 1. The van der Waals surface area contributed by atoms with Crippen LogP contribution in [0.4, 0.5) is 5.69 Å². The number of β-amino-alcohol motifs (C(OH)–C–C–N with tert-alkyl or cyclic N) is 1. The van der Waals surface area contributed by atoms with Crippen LogP contribution >= 0.6 is 0 Å². The number of rotatable bonds is 7. The van der Waals surface area contributed by atoms with Crippen LogP contribution in [0.1, 0.15) is 11.1 Å². The molecule has 29 heavy (non-hydrogen) atoms. The standard InChI is InChI=1S/C22H27N3O4/c1-24-9-10-28-19-7-4-8-20(22(19)24)29-15-21(27)23-11-18(26)14-25-12-16-5-2-3-6-17(16)13-25/h2-8,18,26H,9-15H2,1H3,(H,23,27)/t18-/m1/s1. The van der Waals surface area contributed by atoms with Crippen LogP contribution in [-0.2, 0) is 17.9 Å². The average Bonchev–Trinajstić information content (AvgIpc) is 3.13. The van der Waals surface area contributed by atoms with Crippen LogP contribution in [0.3, 0.4) is 0 Å². The average molecular weight is 397 g/mol. The smallest absolute Gasteiger partial charge is 0.258 e. The van der Waals surface area contributed by atoms with E-state index >= 15 is 0 Å². The SMILES string of the molecule is CN1CCOc2cccc(OCC(=O)NC[C@@H](O)CN3Cc4ccccc4C3)c21. The molecule has 1 amide bonds. The molecule has 2 aliphatic rings. The summed E-state index contributed by atoms with van der Waals surface area (Å²) in [5, 5.41) is 13.0. The number of para-hydroxylation sites is 1. The van der Waals surface area contributed by atoms with Crippen LogP contribution in [0.2, 0.25) is 0 Å². The summed E-state index contributed by atoms with van der Waals surface area (Å²) in [5.41, 5.74) is 3.47. The van der Waals surface area contributed by atoms with E-state index in [9.17, 15) is 9.90 Å². The van der Waals surface area contributed by atoms with E-state index in [1.54, 1.807) is 0 Å². The summed E-state index contributed by atoms with van der Waals surface area (Å²) in [5.74, 6) is 1.12. The third-order valence-electron chi connectivity index (χ3n) is 5.30. The molecule has 2 heterocycles. The third-order valence-corrected chi connectivity index (χ3v) is 5.30. The van der Waals surface area contributed by atoms with Gasteiger partial charge >= 0.3 is 0 Å². The number of aliphatic hydroxyl groups excluding tert-OH is 1. The molecule has 2 aliphatic heterocycles. The van der Waals surface area contributed by atoms with E-state index in [2.05, 4.69) is 27.2 Å². The summed E-state index contributed by atoms with van der Waals surface area (Å²) in [6.07, 6.45) is -0.628. The van der Waals surface area contributed by atoms with Crippen LogP contribution in [-0.4, -0.2) is 61.9 Å². The van der Waals surface area contributed by atoms with Crippen molar-refractivity contribution in [3.05, 3.63) is 53.6 Å². The molecule has 7 heteroatoms. The lowest BCUT2D eigenvalue weighted by Crippen LogP contribution is -2.40. The molecule has 0 unspecified atom stereocenters. The van der Waals surface area contributed by atoms with E-state index in [0.29, 0.717) is 18.9 Å². The van der Waals surface area contributed by atoms with E-state index in [-0.39, 0.29) is 19.1 Å². The lowest BCUT2D eigenvalue weighted by Gasteiger charge is -2.29. The largest absolute Gasteiger partial charge is 0.489 e. The molecule has 0 saturated heterocycles. The van der Waals surface area contributed by atoms with Crippen LogP contribution in [0.25, 0.3) is 0 Å². The molecule has 2 N–H and O–H groups in total. The number of aliphatic hydroxyl groups is 1. The van der Waals surface area contributed by atoms with Crippen molar-refractivity contribution < 1.29 is 19.4 Å². The van der Waals surface area contributed by atoms with Crippen molar-refractivity contribution in [3.8, 4) is 11.5 Å². The summed E-state index contributed by atoms with van der Waals surface area (Å²) in [4.78, 5) is 16.4. The topological polar surface area (TPSA) is 74.3 Å². The van der Waals surface area contributed by atoms with Crippen LogP contribution in [0.15, 0.2) is 42.5 Å². The molecule has 2 aromatic carbocycles. The van der Waals surface area contributed by atoms with Gasteiger partial charge in [0.1, 0.15) is 23.8 Å². The van der Waals surface area contributed by atoms with Gasteiger partial charge in [-0.05, 0) is 23.3 Å². The number of nitrogens with one attached hydrogen (secondary N) is 1. The summed E-state index contributed by atoms with van der Waals surface area (Å²) < 4.78 is 11.4. The van der Waals surface area contributed by atoms with Gasteiger partial charge in [0, 0.05) is 33.2 Å². The maximum absolute atomic E-state index is 12.2. The predicted molar refractivity (Wildman–Crippen MR) is 110 cm³/mol. The minimum atomic E-state index is -0.628. The van der Waals surface area contributed by atoms with Crippen LogP contribution in [0.5, 0.6) is 11.5 Å². The molecular formula is C22H27N3O4. The summed E-state index contributed by atoms with van der Waals surface area (Å²) in [6, 6.07) is 13.9. The van der Waals surface area contributed by atoms with Gasteiger partial charge in [-0.3, -0.25) is 9.69 Å². The number of amides is 1. The van der Waals surface area contributed by atoms with Crippen molar-refractivity contribution in [3.63, 3.8) is 0 Å². The highest BCUT2D eigenvalue weighted by Gasteiger charge is 2.22. The summed E-state index contributed by atoms with van der Waals surface area (Å²) in [6.45, 7) is 3.68.